The molecular formula is C34H31F3N6O3. The number of nitriles is 1. The summed E-state index contributed by atoms with van der Waals surface area (Å²) in [6.07, 6.45) is 8.61. The third-order valence-electron chi connectivity index (χ3n) is 9.29. The smallest absolute Gasteiger partial charge is 0.319 e. The number of halogens is 3. The molecule has 2 aromatic heterocycles. The molecule has 1 unspecified atom stereocenters. The molecule has 3 aliphatic heterocycles. The van der Waals surface area contributed by atoms with Gasteiger partial charge in [0.15, 0.2) is 5.82 Å². The topological polar surface area (TPSA) is 108 Å². The molecule has 3 aliphatic rings. The molecule has 46 heavy (non-hydrogen) atoms. The van der Waals surface area contributed by atoms with Crippen LogP contribution in [0, 0.1) is 35.3 Å². The van der Waals surface area contributed by atoms with Crippen LogP contribution >= 0.6 is 0 Å². The van der Waals surface area contributed by atoms with Crippen LogP contribution in [-0.4, -0.2) is 82.2 Å². The van der Waals surface area contributed by atoms with Crippen molar-refractivity contribution in [2.45, 2.75) is 49.9 Å². The maximum atomic E-state index is 16.8. The SMILES string of the molecule is C#Cc1c(F)ccc2cc(O)cc(-c3ncc4c(N5CCCOC(CC#N)C5)nc(OC[C@@]56CCCN5C[C@H](F)C6)nc4c3F)c12. The van der Waals surface area contributed by atoms with Gasteiger partial charge in [-0.25, -0.2) is 13.2 Å². The van der Waals surface area contributed by atoms with Crippen molar-refractivity contribution >= 4 is 27.5 Å². The average Bonchev–Trinajstić information content (AvgIpc) is 3.46. The molecule has 12 heteroatoms. The van der Waals surface area contributed by atoms with Crippen LogP contribution in [0.15, 0.2) is 30.5 Å². The summed E-state index contributed by atoms with van der Waals surface area (Å²) in [5, 5.41) is 20.8. The number of pyridine rings is 1. The van der Waals surface area contributed by atoms with Crippen molar-refractivity contribution in [1.29, 1.82) is 5.26 Å². The van der Waals surface area contributed by atoms with E-state index in [0.717, 1.165) is 19.4 Å². The van der Waals surface area contributed by atoms with E-state index in [4.69, 9.17) is 20.9 Å². The molecule has 3 fully saturated rings. The highest BCUT2D eigenvalue weighted by molar-refractivity contribution is 6.03. The van der Waals surface area contributed by atoms with E-state index in [-0.39, 0.29) is 58.6 Å². The molecule has 7 rings (SSSR count). The van der Waals surface area contributed by atoms with E-state index in [1.807, 2.05) is 4.90 Å². The van der Waals surface area contributed by atoms with E-state index < -0.39 is 23.3 Å². The maximum Gasteiger partial charge on any atom is 0.319 e. The second kappa shape index (κ2) is 11.9. The molecule has 0 amide bonds. The van der Waals surface area contributed by atoms with Gasteiger partial charge in [-0.15, -0.1) is 6.42 Å². The van der Waals surface area contributed by atoms with Gasteiger partial charge in [0.1, 0.15) is 41.4 Å². The molecule has 4 aromatic rings. The zero-order chi connectivity index (χ0) is 32.0. The summed E-state index contributed by atoms with van der Waals surface area (Å²) in [7, 11) is 0. The third kappa shape index (κ3) is 5.21. The van der Waals surface area contributed by atoms with Crippen molar-refractivity contribution in [2.75, 3.05) is 44.3 Å². The standard InChI is InChI=1S/C34H31F3N6O3/c1-2-24-27(36)6-5-20-13-22(44)14-25(28(20)24)30-29(37)31-26(16-39-30)32(42-10-4-12-45-23(18-42)7-9-38)41-33(40-31)46-19-34-8-3-11-43(34)17-21(35)15-34/h1,5-6,13-14,16,21,23,44H,3-4,7-8,10-12,15,17-19H2/t21-,23?,34+/m1/s1. The molecule has 3 saturated heterocycles. The lowest BCUT2D eigenvalue weighted by Crippen LogP contribution is -2.43. The predicted octanol–water partition coefficient (Wildman–Crippen LogP) is 5.27. The van der Waals surface area contributed by atoms with Crippen molar-refractivity contribution in [1.82, 2.24) is 19.9 Å². The molecule has 0 saturated carbocycles. The normalized spacial score (nSPS) is 23.3. The minimum atomic E-state index is -0.952. The van der Waals surface area contributed by atoms with E-state index >= 15 is 4.39 Å². The molecule has 0 aliphatic carbocycles. The number of benzene rings is 2. The van der Waals surface area contributed by atoms with Crippen molar-refractivity contribution in [3.63, 3.8) is 0 Å². The highest BCUT2D eigenvalue weighted by Gasteiger charge is 2.49. The second-order valence-electron chi connectivity index (χ2n) is 12.2. The number of aromatic nitrogens is 3. The van der Waals surface area contributed by atoms with Gasteiger partial charge < -0.3 is 19.5 Å². The molecule has 1 N–H and O–H groups in total. The molecule has 0 radical (unpaired) electrons. The molecule has 3 atom stereocenters. The van der Waals surface area contributed by atoms with Gasteiger partial charge in [0.2, 0.25) is 0 Å². The Kier molecular flexibility index (Phi) is 7.79. The number of anilines is 1. The number of alkyl halides is 1. The van der Waals surface area contributed by atoms with Gasteiger partial charge in [-0.05, 0) is 49.4 Å². The van der Waals surface area contributed by atoms with E-state index in [0.29, 0.717) is 55.7 Å². The zero-order valence-electron chi connectivity index (χ0n) is 25.0. The van der Waals surface area contributed by atoms with Crippen LogP contribution in [0.3, 0.4) is 0 Å². The summed E-state index contributed by atoms with van der Waals surface area (Å²) in [5.74, 6) is 1.02. The highest BCUT2D eigenvalue weighted by Crippen LogP contribution is 2.42. The van der Waals surface area contributed by atoms with Crippen LogP contribution in [-0.2, 0) is 4.74 Å². The maximum absolute atomic E-state index is 16.8. The molecule has 9 nitrogen and oxygen atoms in total. The Labute approximate surface area is 263 Å². The van der Waals surface area contributed by atoms with Crippen molar-refractivity contribution < 1.29 is 27.8 Å². The van der Waals surface area contributed by atoms with Gasteiger partial charge in [0.25, 0.3) is 0 Å². The Bertz CT molecular complexity index is 1930. The van der Waals surface area contributed by atoms with Gasteiger partial charge in [-0.1, -0.05) is 12.0 Å². The Hall–Kier alpha value is -4.65. The first kappa shape index (κ1) is 30.0. The number of aromatic hydroxyl groups is 1. The first-order valence-corrected chi connectivity index (χ1v) is 15.3. The van der Waals surface area contributed by atoms with Crippen molar-refractivity contribution in [2.24, 2.45) is 0 Å². The summed E-state index contributed by atoms with van der Waals surface area (Å²) in [4.78, 5) is 17.7. The zero-order valence-corrected chi connectivity index (χ0v) is 25.0. The van der Waals surface area contributed by atoms with Crippen LogP contribution in [0.5, 0.6) is 11.8 Å². The lowest BCUT2D eigenvalue weighted by molar-refractivity contribution is 0.0722. The number of phenolic OH excluding ortho intramolecular Hbond substituents is 1. The minimum absolute atomic E-state index is 0.0831. The number of phenols is 1. The largest absolute Gasteiger partial charge is 0.508 e. The van der Waals surface area contributed by atoms with Gasteiger partial charge in [0.05, 0.1) is 35.1 Å². The monoisotopic (exact) mass is 628 g/mol. The van der Waals surface area contributed by atoms with E-state index in [2.05, 4.69) is 26.9 Å². The fourth-order valence-electron chi connectivity index (χ4n) is 7.23. The Morgan fingerprint density at radius 3 is 2.87 bits per heavy atom. The Morgan fingerprint density at radius 2 is 2.04 bits per heavy atom. The number of hydrogen-bond donors (Lipinski definition) is 1. The molecule has 236 valence electrons. The van der Waals surface area contributed by atoms with Gasteiger partial charge >= 0.3 is 6.01 Å². The first-order valence-electron chi connectivity index (χ1n) is 15.3. The molecule has 5 heterocycles. The van der Waals surface area contributed by atoms with Crippen LogP contribution in [0.2, 0.25) is 0 Å². The van der Waals surface area contributed by atoms with E-state index in [1.165, 1.54) is 30.5 Å². The quantitative estimate of drug-likeness (QED) is 0.286. The van der Waals surface area contributed by atoms with Crippen LogP contribution in [0.4, 0.5) is 19.0 Å². The lowest BCUT2D eigenvalue weighted by Gasteiger charge is -2.31. The lowest BCUT2D eigenvalue weighted by atomic mass is 9.95. The van der Waals surface area contributed by atoms with E-state index in [1.54, 1.807) is 0 Å². The molecular weight excluding hydrogens is 597 g/mol. The van der Waals surface area contributed by atoms with Crippen LogP contribution in [0.25, 0.3) is 32.9 Å². The summed E-state index contributed by atoms with van der Waals surface area (Å²) in [5.41, 5.74) is -0.758. The summed E-state index contributed by atoms with van der Waals surface area (Å²) < 4.78 is 58.1. The summed E-state index contributed by atoms with van der Waals surface area (Å²) in [6.45, 7) is 2.56. The fraction of sp³-hybridized carbons (Fsp3) is 0.412. The van der Waals surface area contributed by atoms with Crippen molar-refractivity contribution in [3.8, 4) is 41.4 Å². The van der Waals surface area contributed by atoms with Gasteiger partial charge in [-0.2, -0.15) is 15.2 Å². The number of ether oxygens (including phenoxy) is 2. The number of nitrogens with zero attached hydrogens (tertiary/aromatic N) is 6. The number of rotatable bonds is 6. The number of terminal acetylenes is 1. The highest BCUT2D eigenvalue weighted by atomic mass is 19.1. The van der Waals surface area contributed by atoms with Crippen molar-refractivity contribution in [3.05, 3.63) is 47.7 Å². The minimum Gasteiger partial charge on any atom is -0.508 e. The molecule has 2 aromatic carbocycles. The number of fused-ring (bicyclic) bond motifs is 3. The Morgan fingerprint density at radius 1 is 1.17 bits per heavy atom. The predicted molar refractivity (Wildman–Crippen MR) is 165 cm³/mol. The first-order chi connectivity index (χ1) is 22.3. The molecule has 0 spiro atoms. The van der Waals surface area contributed by atoms with Gasteiger partial charge in [-0.3, -0.25) is 9.88 Å². The molecule has 0 bridgehead atoms. The van der Waals surface area contributed by atoms with E-state index in [9.17, 15) is 19.1 Å². The summed E-state index contributed by atoms with van der Waals surface area (Å²) in [6, 6.07) is 7.42. The average molecular weight is 629 g/mol. The third-order valence-corrected chi connectivity index (χ3v) is 9.29. The van der Waals surface area contributed by atoms with Crippen LogP contribution < -0.4 is 9.64 Å². The second-order valence-corrected chi connectivity index (χ2v) is 12.2. The van der Waals surface area contributed by atoms with Gasteiger partial charge in [0, 0.05) is 49.8 Å². The number of hydrogen-bond acceptors (Lipinski definition) is 9. The van der Waals surface area contributed by atoms with Crippen LogP contribution in [0.1, 0.15) is 37.7 Å². The summed E-state index contributed by atoms with van der Waals surface area (Å²) >= 11 is 0. The Balaban J connectivity index is 1.38. The fourth-order valence-corrected chi connectivity index (χ4v) is 7.23.